The van der Waals surface area contributed by atoms with Crippen LogP contribution in [0.5, 0.6) is 0 Å². The van der Waals surface area contributed by atoms with Gasteiger partial charge >= 0.3 is 6.03 Å². The van der Waals surface area contributed by atoms with Crippen LogP contribution >= 0.6 is 11.3 Å². The lowest BCUT2D eigenvalue weighted by Gasteiger charge is -2.39. The second-order valence-electron chi connectivity index (χ2n) is 8.13. The summed E-state index contributed by atoms with van der Waals surface area (Å²) in [4.78, 5) is 23.8. The minimum Gasteiger partial charge on any atom is -0.318 e. The number of fused-ring (bicyclic) bond motifs is 3. The van der Waals surface area contributed by atoms with Crippen molar-refractivity contribution in [3.05, 3.63) is 29.4 Å². The van der Waals surface area contributed by atoms with Crippen LogP contribution in [0.4, 0.5) is 15.1 Å². The van der Waals surface area contributed by atoms with Crippen LogP contribution in [0.15, 0.2) is 24.4 Å². The number of carbonyl (C=O) groups excluding carboxylic acids is 1. The molecule has 2 N–H and O–H groups in total. The number of halogens is 1. The maximum absolute atomic E-state index is 13.0. The summed E-state index contributed by atoms with van der Waals surface area (Å²) in [7, 11) is 0. The van der Waals surface area contributed by atoms with Crippen molar-refractivity contribution < 1.29 is 9.18 Å². The maximum atomic E-state index is 13.0. The number of hydrogen-bond donors (Lipinski definition) is 2. The number of anilines is 1. The second kappa shape index (κ2) is 8.43. The van der Waals surface area contributed by atoms with Crippen molar-refractivity contribution in [1.82, 2.24) is 30.4 Å². The summed E-state index contributed by atoms with van der Waals surface area (Å²) in [5, 5.41) is 17.0. The minimum atomic E-state index is -0.365. The first kappa shape index (κ1) is 20.2. The quantitative estimate of drug-likeness (QED) is 0.629. The van der Waals surface area contributed by atoms with Gasteiger partial charge in [-0.2, -0.15) is 0 Å². The Morgan fingerprint density at radius 1 is 1.26 bits per heavy atom. The van der Waals surface area contributed by atoms with E-state index in [-0.39, 0.29) is 30.8 Å². The van der Waals surface area contributed by atoms with Crippen LogP contribution in [0.1, 0.15) is 30.7 Å². The van der Waals surface area contributed by atoms with Crippen molar-refractivity contribution in [2.75, 3.05) is 18.5 Å². The van der Waals surface area contributed by atoms with E-state index >= 15 is 0 Å². The Hall–Kier alpha value is -2.72. The van der Waals surface area contributed by atoms with Crippen molar-refractivity contribution in [3.63, 3.8) is 0 Å². The zero-order valence-corrected chi connectivity index (χ0v) is 18.0. The Kier molecular flexibility index (Phi) is 5.49. The zero-order valence-electron chi connectivity index (χ0n) is 17.2. The molecule has 5 rings (SSSR count). The maximum Gasteiger partial charge on any atom is 0.324 e. The molecule has 0 spiro atoms. The number of piperidine rings is 1. The standard InChI is InChI=1S/C21H24FN7OS/c1-12-27-28-19(31-12)13-2-3-14-11-24-20(25-18(14)8-13)26-21(30)29-16-4-5-17(29)10-15(9-16)23-7-6-22/h2-3,8,11,15-17,23H,4-7,9-10H2,1H3,(H,24,25,26,30)/t15-,16+,17?/m0/s1. The van der Waals surface area contributed by atoms with Gasteiger partial charge in [0.25, 0.3) is 0 Å². The third kappa shape index (κ3) is 4.09. The fraction of sp³-hybridized carbons (Fsp3) is 0.476. The van der Waals surface area contributed by atoms with Crippen LogP contribution in [-0.4, -0.2) is 62.4 Å². The van der Waals surface area contributed by atoms with E-state index in [0.29, 0.717) is 12.5 Å². The molecule has 2 bridgehead atoms. The molecule has 1 aromatic carbocycles. The highest BCUT2D eigenvalue weighted by atomic mass is 32.1. The molecule has 3 atom stereocenters. The Bertz CT molecular complexity index is 1090. The first-order valence-corrected chi connectivity index (χ1v) is 11.4. The molecule has 2 aliphatic heterocycles. The van der Waals surface area contributed by atoms with E-state index in [1.807, 2.05) is 30.0 Å². The largest absolute Gasteiger partial charge is 0.324 e. The molecule has 2 amide bonds. The number of nitrogens with one attached hydrogen (secondary N) is 2. The summed E-state index contributed by atoms with van der Waals surface area (Å²) in [6.07, 6.45) is 5.39. The van der Waals surface area contributed by atoms with Crippen LogP contribution in [-0.2, 0) is 0 Å². The van der Waals surface area contributed by atoms with Gasteiger partial charge in [0.1, 0.15) is 16.7 Å². The third-order valence-corrected chi connectivity index (χ3v) is 6.96. The van der Waals surface area contributed by atoms with E-state index in [0.717, 1.165) is 52.2 Å². The average Bonchev–Trinajstić information content (AvgIpc) is 3.32. The van der Waals surface area contributed by atoms with Gasteiger partial charge in [-0.3, -0.25) is 5.32 Å². The first-order chi connectivity index (χ1) is 15.1. The van der Waals surface area contributed by atoms with Gasteiger partial charge in [-0.1, -0.05) is 23.5 Å². The van der Waals surface area contributed by atoms with E-state index in [9.17, 15) is 9.18 Å². The first-order valence-electron chi connectivity index (χ1n) is 10.6. The number of amides is 2. The fourth-order valence-electron chi connectivity index (χ4n) is 4.72. The number of aryl methyl sites for hydroxylation is 1. The number of hydrogen-bond acceptors (Lipinski definition) is 7. The fourth-order valence-corrected chi connectivity index (χ4v) is 5.41. The Morgan fingerprint density at radius 3 is 2.77 bits per heavy atom. The van der Waals surface area contributed by atoms with Crippen LogP contribution in [0, 0.1) is 6.92 Å². The molecule has 0 radical (unpaired) electrons. The average molecular weight is 442 g/mol. The van der Waals surface area contributed by atoms with E-state index in [1.165, 1.54) is 11.3 Å². The lowest BCUT2D eigenvalue weighted by atomic mass is 9.97. The molecule has 8 nitrogen and oxygen atoms in total. The highest BCUT2D eigenvalue weighted by Crippen LogP contribution is 2.36. The van der Waals surface area contributed by atoms with Crippen molar-refractivity contribution >= 4 is 34.2 Å². The van der Waals surface area contributed by atoms with E-state index in [4.69, 9.17) is 0 Å². The number of aromatic nitrogens is 4. The summed E-state index contributed by atoms with van der Waals surface area (Å²) < 4.78 is 12.5. The molecular formula is C21H24FN7OS. The van der Waals surface area contributed by atoms with E-state index < -0.39 is 0 Å². The van der Waals surface area contributed by atoms with Crippen molar-refractivity contribution in [2.45, 2.75) is 50.7 Å². The second-order valence-corrected chi connectivity index (χ2v) is 9.31. The van der Waals surface area contributed by atoms with Crippen molar-refractivity contribution in [3.8, 4) is 10.6 Å². The molecule has 0 aliphatic carbocycles. The van der Waals surface area contributed by atoms with Gasteiger partial charge in [0.05, 0.1) is 5.52 Å². The van der Waals surface area contributed by atoms with Crippen molar-refractivity contribution in [2.24, 2.45) is 0 Å². The van der Waals surface area contributed by atoms with Gasteiger partial charge in [0.2, 0.25) is 5.95 Å². The molecule has 162 valence electrons. The summed E-state index contributed by atoms with van der Waals surface area (Å²) in [6, 6.07) is 6.32. The lowest BCUT2D eigenvalue weighted by molar-refractivity contribution is 0.141. The number of urea groups is 1. The Balaban J connectivity index is 1.31. The van der Waals surface area contributed by atoms with Gasteiger partial charge in [-0.05, 0) is 38.7 Å². The van der Waals surface area contributed by atoms with Gasteiger partial charge < -0.3 is 10.2 Å². The Morgan fingerprint density at radius 2 is 2.06 bits per heavy atom. The lowest BCUT2D eigenvalue weighted by Crippen LogP contribution is -2.53. The summed E-state index contributed by atoms with van der Waals surface area (Å²) in [6.45, 7) is 1.93. The molecule has 2 aliphatic rings. The van der Waals surface area contributed by atoms with Gasteiger partial charge in [0.15, 0.2) is 0 Å². The smallest absolute Gasteiger partial charge is 0.318 e. The van der Waals surface area contributed by atoms with Gasteiger partial charge in [-0.15, -0.1) is 10.2 Å². The zero-order chi connectivity index (χ0) is 21.4. The predicted octanol–water partition coefficient (Wildman–Crippen LogP) is 3.54. The summed E-state index contributed by atoms with van der Waals surface area (Å²) in [5.74, 6) is 0.292. The topological polar surface area (TPSA) is 95.9 Å². The molecule has 0 saturated carbocycles. The minimum absolute atomic E-state index is 0.160. The SMILES string of the molecule is Cc1nnc(-c2ccc3cnc(NC(=O)N4C5CC[C@@H]4C[C@H](NCCF)C5)nc3c2)s1. The van der Waals surface area contributed by atoms with E-state index in [2.05, 4.69) is 30.8 Å². The van der Waals surface area contributed by atoms with Crippen LogP contribution in [0.3, 0.4) is 0 Å². The van der Waals surface area contributed by atoms with Crippen LogP contribution in [0.25, 0.3) is 21.5 Å². The van der Waals surface area contributed by atoms with Crippen molar-refractivity contribution in [1.29, 1.82) is 0 Å². The Labute approximate surface area is 183 Å². The summed E-state index contributed by atoms with van der Waals surface area (Å²) >= 11 is 1.53. The highest BCUT2D eigenvalue weighted by molar-refractivity contribution is 7.14. The number of benzene rings is 1. The number of carbonyl (C=O) groups is 1. The highest BCUT2D eigenvalue weighted by Gasteiger charge is 2.43. The molecule has 31 heavy (non-hydrogen) atoms. The normalized spacial score (nSPS) is 22.8. The number of rotatable bonds is 5. The van der Waals surface area contributed by atoms with Gasteiger partial charge in [0, 0.05) is 41.8 Å². The third-order valence-electron chi connectivity index (χ3n) is 6.07. The molecule has 1 unspecified atom stereocenters. The predicted molar refractivity (Wildman–Crippen MR) is 118 cm³/mol. The molecule has 10 heteroatoms. The van der Waals surface area contributed by atoms with Crippen LogP contribution < -0.4 is 10.6 Å². The van der Waals surface area contributed by atoms with Gasteiger partial charge in [-0.25, -0.2) is 19.2 Å². The van der Waals surface area contributed by atoms with Crippen LogP contribution in [0.2, 0.25) is 0 Å². The molecule has 4 heterocycles. The molecule has 2 aromatic heterocycles. The number of nitrogens with zero attached hydrogens (tertiary/aromatic N) is 5. The van der Waals surface area contributed by atoms with E-state index in [1.54, 1.807) is 6.20 Å². The molecule has 3 aromatic rings. The molecule has 2 saturated heterocycles. The molecule has 2 fully saturated rings. The summed E-state index contributed by atoms with van der Waals surface area (Å²) in [5.41, 5.74) is 1.68. The molecular weight excluding hydrogens is 417 g/mol. The number of alkyl halides is 1. The monoisotopic (exact) mass is 441 g/mol.